The second kappa shape index (κ2) is 4.92. The molecular formula is C11H9N3O3S. The Morgan fingerprint density at radius 3 is 2.72 bits per heavy atom. The molecule has 0 aliphatic carbocycles. The first-order valence-electron chi connectivity index (χ1n) is 5.00. The molecule has 1 aromatic heterocycles. The molecule has 0 bridgehead atoms. The van der Waals surface area contributed by atoms with Crippen molar-refractivity contribution in [2.45, 2.75) is 6.92 Å². The molecule has 0 saturated carbocycles. The average molecular weight is 263 g/mol. The number of hydrogen-bond acceptors (Lipinski definition) is 5. The summed E-state index contributed by atoms with van der Waals surface area (Å²) in [5.74, 6) is -1.36. The Hall–Kier alpha value is -2.28. The zero-order chi connectivity index (χ0) is 13.1. The number of nitrogens with zero attached hydrogens (tertiary/aromatic N) is 2. The fourth-order valence-corrected chi connectivity index (χ4v) is 1.88. The number of aromatic carboxylic acids is 1. The van der Waals surface area contributed by atoms with Gasteiger partial charge in [0.25, 0.3) is 5.91 Å². The molecule has 2 N–H and O–H groups in total. The third-order valence-electron chi connectivity index (χ3n) is 2.31. The van der Waals surface area contributed by atoms with Gasteiger partial charge in [0.2, 0.25) is 0 Å². The van der Waals surface area contributed by atoms with E-state index in [4.69, 9.17) is 5.11 Å². The second-order valence-corrected chi connectivity index (χ2v) is 4.19. The molecule has 0 aliphatic heterocycles. The van der Waals surface area contributed by atoms with Crippen LogP contribution in [0.15, 0.2) is 23.6 Å². The van der Waals surface area contributed by atoms with Crippen molar-refractivity contribution in [3.05, 3.63) is 40.4 Å². The Morgan fingerprint density at radius 2 is 2.17 bits per heavy atom. The van der Waals surface area contributed by atoms with E-state index in [1.54, 1.807) is 13.0 Å². The van der Waals surface area contributed by atoms with Crippen molar-refractivity contribution in [3.8, 4) is 0 Å². The number of hydrogen-bond donors (Lipinski definition) is 2. The second-order valence-electron chi connectivity index (χ2n) is 3.58. The highest BCUT2D eigenvalue weighted by atomic mass is 32.1. The van der Waals surface area contributed by atoms with E-state index in [2.05, 4.69) is 14.9 Å². The van der Waals surface area contributed by atoms with Crippen LogP contribution in [0.3, 0.4) is 0 Å². The molecule has 1 aromatic carbocycles. The summed E-state index contributed by atoms with van der Waals surface area (Å²) in [6, 6.07) is 4.59. The molecule has 0 saturated heterocycles. The fourth-order valence-electron chi connectivity index (χ4n) is 1.44. The van der Waals surface area contributed by atoms with Crippen molar-refractivity contribution in [1.82, 2.24) is 9.59 Å². The Labute approximate surface area is 106 Å². The van der Waals surface area contributed by atoms with Crippen molar-refractivity contribution < 1.29 is 14.7 Å². The predicted molar refractivity (Wildman–Crippen MR) is 66.0 cm³/mol. The Morgan fingerprint density at radius 1 is 1.39 bits per heavy atom. The number of amides is 1. The molecule has 0 aliphatic rings. The van der Waals surface area contributed by atoms with Gasteiger partial charge in [-0.1, -0.05) is 4.49 Å². The summed E-state index contributed by atoms with van der Waals surface area (Å²) in [6.45, 7) is 1.67. The molecule has 0 radical (unpaired) electrons. The standard InChI is InChI=1S/C11H9N3O3S/c1-6-4-7(2-3-8(6)11(16)17)12-10(15)9-5-18-14-13-9/h2-5H,1H3,(H,12,15)(H,16,17). The molecule has 92 valence electrons. The molecule has 0 spiro atoms. The fraction of sp³-hybridized carbons (Fsp3) is 0.0909. The number of carbonyl (C=O) groups is 2. The van der Waals surface area contributed by atoms with Gasteiger partial charge in [-0.25, -0.2) is 4.79 Å². The summed E-state index contributed by atoms with van der Waals surface area (Å²) < 4.78 is 3.59. The van der Waals surface area contributed by atoms with Gasteiger partial charge < -0.3 is 10.4 Å². The van der Waals surface area contributed by atoms with Gasteiger partial charge >= 0.3 is 5.97 Å². The number of carboxylic acids is 1. The summed E-state index contributed by atoms with van der Waals surface area (Å²) in [4.78, 5) is 22.5. The lowest BCUT2D eigenvalue weighted by atomic mass is 10.1. The molecule has 0 unspecified atom stereocenters. The molecular weight excluding hydrogens is 254 g/mol. The van der Waals surface area contributed by atoms with Gasteiger partial charge in [0.05, 0.1) is 5.56 Å². The van der Waals surface area contributed by atoms with Crippen LogP contribution in [0.1, 0.15) is 26.4 Å². The number of anilines is 1. The molecule has 0 fully saturated rings. The first-order valence-corrected chi connectivity index (χ1v) is 5.84. The van der Waals surface area contributed by atoms with Crippen molar-refractivity contribution >= 4 is 29.1 Å². The largest absolute Gasteiger partial charge is 0.478 e. The smallest absolute Gasteiger partial charge is 0.335 e. The topological polar surface area (TPSA) is 92.2 Å². The van der Waals surface area contributed by atoms with Crippen LogP contribution in [-0.4, -0.2) is 26.6 Å². The Kier molecular flexibility index (Phi) is 3.33. The monoisotopic (exact) mass is 263 g/mol. The van der Waals surface area contributed by atoms with Gasteiger partial charge in [-0.3, -0.25) is 4.79 Å². The van der Waals surface area contributed by atoms with Crippen LogP contribution in [0, 0.1) is 6.92 Å². The number of rotatable bonds is 3. The first kappa shape index (κ1) is 12.2. The molecule has 1 heterocycles. The van der Waals surface area contributed by atoms with Crippen LogP contribution >= 0.6 is 11.5 Å². The van der Waals surface area contributed by atoms with Crippen LogP contribution in [0.25, 0.3) is 0 Å². The van der Waals surface area contributed by atoms with Crippen LogP contribution < -0.4 is 5.32 Å². The lowest BCUT2D eigenvalue weighted by Gasteiger charge is -2.06. The van der Waals surface area contributed by atoms with Crippen molar-refractivity contribution in [2.75, 3.05) is 5.32 Å². The van der Waals surface area contributed by atoms with E-state index < -0.39 is 5.97 Å². The zero-order valence-corrected chi connectivity index (χ0v) is 10.2. The number of benzene rings is 1. The Balaban J connectivity index is 2.18. The van der Waals surface area contributed by atoms with E-state index in [9.17, 15) is 9.59 Å². The lowest BCUT2D eigenvalue weighted by molar-refractivity contribution is 0.0696. The number of nitrogens with one attached hydrogen (secondary N) is 1. The number of aromatic nitrogens is 2. The average Bonchev–Trinajstić information content (AvgIpc) is 2.81. The first-order chi connectivity index (χ1) is 8.58. The third-order valence-corrected chi connectivity index (χ3v) is 2.81. The maximum absolute atomic E-state index is 11.7. The van der Waals surface area contributed by atoms with Gasteiger partial charge in [0, 0.05) is 11.1 Å². The zero-order valence-electron chi connectivity index (χ0n) is 9.38. The van der Waals surface area contributed by atoms with E-state index >= 15 is 0 Å². The van der Waals surface area contributed by atoms with E-state index in [1.165, 1.54) is 17.5 Å². The highest BCUT2D eigenvalue weighted by molar-refractivity contribution is 7.03. The number of carbonyl (C=O) groups excluding carboxylic acids is 1. The molecule has 6 nitrogen and oxygen atoms in total. The van der Waals surface area contributed by atoms with Gasteiger partial charge in [-0.2, -0.15) is 0 Å². The summed E-state index contributed by atoms with van der Waals surface area (Å²) in [7, 11) is 0. The summed E-state index contributed by atoms with van der Waals surface area (Å²) in [5.41, 5.74) is 1.55. The van der Waals surface area contributed by atoms with Crippen LogP contribution in [-0.2, 0) is 0 Å². The molecule has 2 rings (SSSR count). The van der Waals surface area contributed by atoms with Crippen molar-refractivity contribution in [2.24, 2.45) is 0 Å². The maximum atomic E-state index is 11.7. The van der Waals surface area contributed by atoms with E-state index in [1.807, 2.05) is 0 Å². The lowest BCUT2D eigenvalue weighted by Crippen LogP contribution is -2.13. The van der Waals surface area contributed by atoms with E-state index in [0.717, 1.165) is 11.5 Å². The number of aryl methyl sites for hydroxylation is 1. The minimum absolute atomic E-state index is 0.211. The normalized spacial score (nSPS) is 10.1. The summed E-state index contributed by atoms with van der Waals surface area (Å²) >= 11 is 1.09. The minimum Gasteiger partial charge on any atom is -0.478 e. The molecule has 18 heavy (non-hydrogen) atoms. The van der Waals surface area contributed by atoms with E-state index in [-0.39, 0.29) is 17.2 Å². The van der Waals surface area contributed by atoms with Gasteiger partial charge in [-0.05, 0) is 42.2 Å². The Bertz CT molecular complexity index is 596. The molecule has 1 amide bonds. The van der Waals surface area contributed by atoms with Gasteiger partial charge in [-0.15, -0.1) is 5.10 Å². The van der Waals surface area contributed by atoms with E-state index in [0.29, 0.717) is 11.3 Å². The molecule has 7 heteroatoms. The van der Waals surface area contributed by atoms with Crippen LogP contribution in [0.2, 0.25) is 0 Å². The summed E-state index contributed by atoms with van der Waals surface area (Å²) in [6.07, 6.45) is 0. The predicted octanol–water partition coefficient (Wildman–Crippen LogP) is 1.80. The highest BCUT2D eigenvalue weighted by Gasteiger charge is 2.11. The van der Waals surface area contributed by atoms with Gasteiger partial charge in [0.15, 0.2) is 5.69 Å². The quantitative estimate of drug-likeness (QED) is 0.880. The third kappa shape index (κ3) is 2.51. The molecule has 0 atom stereocenters. The number of carboxylic acid groups (broad SMARTS) is 1. The van der Waals surface area contributed by atoms with Crippen molar-refractivity contribution in [3.63, 3.8) is 0 Å². The highest BCUT2D eigenvalue weighted by Crippen LogP contribution is 2.16. The minimum atomic E-state index is -0.992. The maximum Gasteiger partial charge on any atom is 0.335 e. The van der Waals surface area contributed by atoms with Gasteiger partial charge in [0.1, 0.15) is 0 Å². The van der Waals surface area contributed by atoms with Crippen LogP contribution in [0.5, 0.6) is 0 Å². The molecule has 2 aromatic rings. The van der Waals surface area contributed by atoms with Crippen molar-refractivity contribution in [1.29, 1.82) is 0 Å². The summed E-state index contributed by atoms with van der Waals surface area (Å²) in [5, 5.41) is 16.7. The SMILES string of the molecule is Cc1cc(NC(=O)c2csnn2)ccc1C(=O)O. The van der Waals surface area contributed by atoms with Crippen LogP contribution in [0.4, 0.5) is 5.69 Å².